The highest BCUT2D eigenvalue weighted by atomic mass is 19.1. The SMILES string of the molecule is C=C(C)C(=O)OCCOc1ccc(/C=C/c2ccc(/C=C/c3ccc(OC(=O)C(=C)C)cc3)cc2F)cc1. The van der Waals surface area contributed by atoms with Crippen molar-refractivity contribution in [2.24, 2.45) is 0 Å². The first-order chi connectivity index (χ1) is 18.2. The smallest absolute Gasteiger partial charge is 0.338 e. The van der Waals surface area contributed by atoms with E-state index < -0.39 is 11.9 Å². The Bertz CT molecular complexity index is 1370. The molecule has 3 aromatic rings. The summed E-state index contributed by atoms with van der Waals surface area (Å²) < 4.78 is 30.4. The van der Waals surface area contributed by atoms with E-state index in [1.165, 1.54) is 6.07 Å². The molecule has 0 bridgehead atoms. The average molecular weight is 513 g/mol. The highest BCUT2D eigenvalue weighted by Gasteiger charge is 2.05. The van der Waals surface area contributed by atoms with Crippen LogP contribution in [0.25, 0.3) is 24.3 Å². The van der Waals surface area contributed by atoms with Crippen LogP contribution in [0.3, 0.4) is 0 Å². The predicted molar refractivity (Wildman–Crippen MR) is 149 cm³/mol. The normalized spacial score (nSPS) is 10.9. The third kappa shape index (κ3) is 8.75. The van der Waals surface area contributed by atoms with Gasteiger partial charge >= 0.3 is 11.9 Å². The second-order valence-corrected chi connectivity index (χ2v) is 8.52. The first-order valence-corrected chi connectivity index (χ1v) is 11.9. The zero-order chi connectivity index (χ0) is 27.5. The fraction of sp³-hybridized carbons (Fsp3) is 0.125. The molecule has 0 unspecified atom stereocenters. The summed E-state index contributed by atoms with van der Waals surface area (Å²) in [5.74, 6) is -0.186. The first kappa shape index (κ1) is 27.9. The first-order valence-electron chi connectivity index (χ1n) is 11.9. The summed E-state index contributed by atoms with van der Waals surface area (Å²) in [4.78, 5) is 22.9. The molecule has 0 atom stereocenters. The number of halogens is 1. The van der Waals surface area contributed by atoms with E-state index in [-0.39, 0.29) is 19.0 Å². The summed E-state index contributed by atoms with van der Waals surface area (Å²) >= 11 is 0. The minimum Gasteiger partial charge on any atom is -0.490 e. The Kier molecular flexibility index (Phi) is 9.94. The van der Waals surface area contributed by atoms with Crippen LogP contribution in [0.15, 0.2) is 91.0 Å². The van der Waals surface area contributed by atoms with E-state index in [2.05, 4.69) is 13.2 Å². The molecular formula is C32H29FO5. The van der Waals surface area contributed by atoms with Crippen LogP contribution in [-0.4, -0.2) is 25.2 Å². The summed E-state index contributed by atoms with van der Waals surface area (Å²) in [6.45, 7) is 10.6. The molecule has 0 spiro atoms. The Labute approximate surface area is 222 Å². The third-order valence-corrected chi connectivity index (χ3v) is 5.20. The van der Waals surface area contributed by atoms with Crippen molar-refractivity contribution in [2.45, 2.75) is 13.8 Å². The molecule has 0 aromatic heterocycles. The quantitative estimate of drug-likeness (QED) is 0.0898. The molecule has 3 aromatic carbocycles. The molecule has 0 saturated heterocycles. The van der Waals surface area contributed by atoms with Crippen LogP contribution in [0.1, 0.15) is 36.1 Å². The highest BCUT2D eigenvalue weighted by molar-refractivity contribution is 5.89. The second-order valence-electron chi connectivity index (χ2n) is 8.52. The van der Waals surface area contributed by atoms with Gasteiger partial charge in [0.2, 0.25) is 0 Å². The van der Waals surface area contributed by atoms with Gasteiger partial charge in [0, 0.05) is 16.7 Å². The number of ether oxygens (including phenoxy) is 3. The van der Waals surface area contributed by atoms with E-state index in [9.17, 15) is 14.0 Å². The van der Waals surface area contributed by atoms with Crippen LogP contribution in [0.4, 0.5) is 4.39 Å². The lowest BCUT2D eigenvalue weighted by Crippen LogP contribution is -2.12. The van der Waals surface area contributed by atoms with Crippen LogP contribution in [0.5, 0.6) is 11.5 Å². The number of esters is 2. The average Bonchev–Trinajstić information content (AvgIpc) is 2.90. The van der Waals surface area contributed by atoms with Gasteiger partial charge in [-0.2, -0.15) is 0 Å². The second kappa shape index (κ2) is 13.6. The van der Waals surface area contributed by atoms with E-state index in [1.54, 1.807) is 62.4 Å². The van der Waals surface area contributed by atoms with E-state index in [0.717, 1.165) is 11.1 Å². The standard InChI is InChI=1S/C32H29FO5/c1-22(2)31(34)37-20-19-36-28-15-9-25(10-16-28)7-13-27-14-8-26(21-30(27)33)6-5-24-11-17-29(18-12-24)38-32(35)23(3)4/h5-18,21H,1,3,19-20H2,2,4H3/b6-5+,13-7+. The summed E-state index contributed by atoms with van der Waals surface area (Å²) in [6, 6.07) is 19.3. The van der Waals surface area contributed by atoms with Crippen molar-refractivity contribution in [1.82, 2.24) is 0 Å². The number of rotatable bonds is 11. The lowest BCUT2D eigenvalue weighted by atomic mass is 10.1. The van der Waals surface area contributed by atoms with Crippen LogP contribution in [-0.2, 0) is 14.3 Å². The molecule has 0 N–H and O–H groups in total. The van der Waals surface area contributed by atoms with E-state index in [1.807, 2.05) is 36.4 Å². The molecule has 0 heterocycles. The molecular weight excluding hydrogens is 483 g/mol. The van der Waals surface area contributed by atoms with Crippen molar-refractivity contribution in [2.75, 3.05) is 13.2 Å². The van der Waals surface area contributed by atoms with Crippen molar-refractivity contribution < 1.29 is 28.2 Å². The minimum atomic E-state index is -0.473. The molecule has 38 heavy (non-hydrogen) atoms. The molecule has 0 saturated carbocycles. The van der Waals surface area contributed by atoms with E-state index in [4.69, 9.17) is 14.2 Å². The number of benzene rings is 3. The van der Waals surface area contributed by atoms with E-state index >= 15 is 0 Å². The van der Waals surface area contributed by atoms with Crippen molar-refractivity contribution in [3.63, 3.8) is 0 Å². The monoisotopic (exact) mass is 512 g/mol. The fourth-order valence-corrected chi connectivity index (χ4v) is 3.09. The van der Waals surface area contributed by atoms with E-state index in [0.29, 0.717) is 33.8 Å². The van der Waals surface area contributed by atoms with Gasteiger partial charge in [0.25, 0.3) is 0 Å². The van der Waals surface area contributed by atoms with Crippen molar-refractivity contribution in [1.29, 1.82) is 0 Å². The minimum absolute atomic E-state index is 0.136. The maximum atomic E-state index is 14.7. The Morgan fingerprint density at radius 3 is 1.82 bits per heavy atom. The molecule has 0 amide bonds. The van der Waals surface area contributed by atoms with Crippen LogP contribution in [0, 0.1) is 5.82 Å². The number of carbonyl (C=O) groups excluding carboxylic acids is 2. The van der Waals surface area contributed by atoms with Crippen molar-refractivity contribution in [3.8, 4) is 11.5 Å². The molecule has 6 heteroatoms. The van der Waals surface area contributed by atoms with Gasteiger partial charge in [0.1, 0.15) is 30.5 Å². The Hall–Kier alpha value is -4.71. The largest absolute Gasteiger partial charge is 0.490 e. The maximum absolute atomic E-state index is 14.7. The van der Waals surface area contributed by atoms with Gasteiger partial charge in [-0.15, -0.1) is 0 Å². The molecule has 0 aliphatic heterocycles. The molecule has 3 rings (SSSR count). The van der Waals surface area contributed by atoms with Gasteiger partial charge < -0.3 is 14.2 Å². The van der Waals surface area contributed by atoms with Gasteiger partial charge in [-0.3, -0.25) is 0 Å². The third-order valence-electron chi connectivity index (χ3n) is 5.20. The lowest BCUT2D eigenvalue weighted by molar-refractivity contribution is -0.139. The molecule has 0 fully saturated rings. The van der Waals surface area contributed by atoms with Gasteiger partial charge in [0.15, 0.2) is 0 Å². The molecule has 194 valence electrons. The Morgan fingerprint density at radius 1 is 0.711 bits per heavy atom. The summed E-state index contributed by atoms with van der Waals surface area (Å²) in [7, 11) is 0. The molecule has 5 nitrogen and oxygen atoms in total. The molecule has 0 radical (unpaired) electrons. The molecule has 0 aliphatic rings. The van der Waals surface area contributed by atoms with Crippen molar-refractivity contribution in [3.05, 3.63) is 119 Å². The summed E-state index contributed by atoms with van der Waals surface area (Å²) in [5.41, 5.74) is 3.61. The zero-order valence-corrected chi connectivity index (χ0v) is 21.4. The van der Waals surface area contributed by atoms with Gasteiger partial charge in [-0.05, 0) is 60.9 Å². The van der Waals surface area contributed by atoms with Gasteiger partial charge in [-0.1, -0.05) is 73.9 Å². The van der Waals surface area contributed by atoms with Crippen molar-refractivity contribution >= 4 is 36.2 Å². The number of hydrogen-bond acceptors (Lipinski definition) is 5. The summed E-state index contributed by atoms with van der Waals surface area (Å²) in [6.07, 6.45) is 7.18. The summed E-state index contributed by atoms with van der Waals surface area (Å²) in [5, 5.41) is 0. The van der Waals surface area contributed by atoms with Crippen LogP contribution < -0.4 is 9.47 Å². The lowest BCUT2D eigenvalue weighted by Gasteiger charge is -2.07. The fourth-order valence-electron chi connectivity index (χ4n) is 3.09. The Balaban J connectivity index is 1.53. The highest BCUT2D eigenvalue weighted by Crippen LogP contribution is 2.19. The number of carbonyl (C=O) groups is 2. The van der Waals surface area contributed by atoms with Gasteiger partial charge in [0.05, 0.1) is 0 Å². The van der Waals surface area contributed by atoms with Crippen LogP contribution in [0.2, 0.25) is 0 Å². The molecule has 0 aliphatic carbocycles. The zero-order valence-electron chi connectivity index (χ0n) is 21.4. The predicted octanol–water partition coefficient (Wildman–Crippen LogP) is 7.15. The topological polar surface area (TPSA) is 61.8 Å². The maximum Gasteiger partial charge on any atom is 0.338 e. The van der Waals surface area contributed by atoms with Crippen LogP contribution >= 0.6 is 0 Å². The van der Waals surface area contributed by atoms with Gasteiger partial charge in [-0.25, -0.2) is 14.0 Å². The Morgan fingerprint density at radius 2 is 1.24 bits per heavy atom. The number of hydrogen-bond donors (Lipinski definition) is 0.